The van der Waals surface area contributed by atoms with Gasteiger partial charge in [-0.3, -0.25) is 15.5 Å². The fourth-order valence-electron chi connectivity index (χ4n) is 2.88. The summed E-state index contributed by atoms with van der Waals surface area (Å²) in [6, 6.07) is 14.7. The molecule has 1 aromatic heterocycles. The van der Waals surface area contributed by atoms with Crippen molar-refractivity contribution in [2.75, 3.05) is 20.6 Å². The third kappa shape index (κ3) is 5.00. The molecule has 0 aliphatic rings. The van der Waals surface area contributed by atoms with Crippen molar-refractivity contribution in [2.45, 2.75) is 6.54 Å². The number of thiocarbonyl (C=S) groups is 1. The largest absolute Gasteiger partial charge is 0.451 e. The number of hydrogen-bond acceptors (Lipinski definition) is 5. The molecule has 3 N–H and O–H groups in total. The SMILES string of the molecule is CN(C)Cc1c(C(=O)NCC#Cc2ccc(C(=S)NO)cc2)oc2ccccc12. The molecule has 29 heavy (non-hydrogen) atoms. The number of benzene rings is 2. The van der Waals surface area contributed by atoms with Crippen LogP contribution in [0.15, 0.2) is 52.9 Å². The Morgan fingerprint density at radius 1 is 1.17 bits per heavy atom. The molecule has 6 nitrogen and oxygen atoms in total. The second kappa shape index (κ2) is 9.34. The van der Waals surface area contributed by atoms with Gasteiger partial charge in [-0.05, 0) is 32.3 Å². The van der Waals surface area contributed by atoms with E-state index in [-0.39, 0.29) is 17.4 Å². The molecule has 0 saturated carbocycles. The molecule has 7 heteroatoms. The summed E-state index contributed by atoms with van der Waals surface area (Å²) in [5.74, 6) is 5.93. The monoisotopic (exact) mass is 407 g/mol. The second-order valence-corrected chi connectivity index (χ2v) is 7.05. The number of furan rings is 1. The number of carbonyl (C=O) groups excluding carboxylic acids is 1. The van der Waals surface area contributed by atoms with Crippen LogP contribution >= 0.6 is 12.2 Å². The Hall–Kier alpha value is -3.18. The third-order valence-corrected chi connectivity index (χ3v) is 4.52. The van der Waals surface area contributed by atoms with Gasteiger partial charge in [-0.15, -0.1) is 0 Å². The molecule has 1 heterocycles. The zero-order chi connectivity index (χ0) is 20.8. The number of rotatable bonds is 5. The van der Waals surface area contributed by atoms with Gasteiger partial charge in [-0.25, -0.2) is 0 Å². The van der Waals surface area contributed by atoms with E-state index >= 15 is 0 Å². The Labute approximate surface area is 174 Å². The maximum atomic E-state index is 12.6. The van der Waals surface area contributed by atoms with Crippen molar-refractivity contribution in [1.82, 2.24) is 15.7 Å². The first-order valence-corrected chi connectivity index (χ1v) is 9.37. The highest BCUT2D eigenvalue weighted by molar-refractivity contribution is 7.80. The molecule has 0 fully saturated rings. The maximum Gasteiger partial charge on any atom is 0.288 e. The minimum absolute atomic E-state index is 0.190. The third-order valence-electron chi connectivity index (χ3n) is 4.20. The van der Waals surface area contributed by atoms with Crippen LogP contribution in [0.3, 0.4) is 0 Å². The van der Waals surface area contributed by atoms with Crippen LogP contribution in [0.1, 0.15) is 27.2 Å². The highest BCUT2D eigenvalue weighted by Crippen LogP contribution is 2.26. The van der Waals surface area contributed by atoms with Crippen molar-refractivity contribution < 1.29 is 14.4 Å². The summed E-state index contributed by atoms with van der Waals surface area (Å²) in [7, 11) is 3.90. The summed E-state index contributed by atoms with van der Waals surface area (Å²) in [5, 5.41) is 12.6. The van der Waals surface area contributed by atoms with E-state index in [1.54, 1.807) is 24.3 Å². The Balaban J connectivity index is 1.69. The van der Waals surface area contributed by atoms with E-state index in [0.717, 1.165) is 16.5 Å². The van der Waals surface area contributed by atoms with Gasteiger partial charge in [0.1, 0.15) is 10.6 Å². The van der Waals surface area contributed by atoms with Crippen molar-refractivity contribution in [3.63, 3.8) is 0 Å². The average molecular weight is 407 g/mol. The molecule has 0 unspecified atom stereocenters. The average Bonchev–Trinajstić information content (AvgIpc) is 3.09. The molecule has 3 aromatic rings. The van der Waals surface area contributed by atoms with Crippen molar-refractivity contribution in [2.24, 2.45) is 0 Å². The van der Waals surface area contributed by atoms with Gasteiger partial charge in [0.05, 0.1) is 6.54 Å². The summed E-state index contributed by atoms with van der Waals surface area (Å²) >= 11 is 4.95. The van der Waals surface area contributed by atoms with E-state index in [0.29, 0.717) is 23.5 Å². The topological polar surface area (TPSA) is 77.7 Å². The maximum absolute atomic E-state index is 12.6. The Bertz CT molecular complexity index is 1090. The minimum Gasteiger partial charge on any atom is -0.451 e. The Kier molecular flexibility index (Phi) is 6.62. The lowest BCUT2D eigenvalue weighted by molar-refractivity contribution is 0.0931. The standard InChI is InChI=1S/C22H21N3O3S/c1-25(2)14-18-17-7-3-4-8-19(17)28-20(18)21(26)23-13-5-6-15-9-11-16(12-10-15)22(29)24-27/h3-4,7-12,27H,13-14H2,1-2H3,(H,23,26)(H,24,29). The molecule has 2 aromatic carbocycles. The van der Waals surface area contributed by atoms with Crippen LogP contribution in [0.5, 0.6) is 0 Å². The van der Waals surface area contributed by atoms with Gasteiger partial charge in [0.15, 0.2) is 5.76 Å². The van der Waals surface area contributed by atoms with Crippen LogP contribution in [-0.2, 0) is 6.54 Å². The summed E-state index contributed by atoms with van der Waals surface area (Å²) < 4.78 is 5.80. The van der Waals surface area contributed by atoms with Gasteiger partial charge in [0.25, 0.3) is 5.91 Å². The molecular weight excluding hydrogens is 386 g/mol. The van der Waals surface area contributed by atoms with E-state index in [2.05, 4.69) is 17.2 Å². The number of amides is 1. The molecule has 0 radical (unpaired) electrons. The number of para-hydroxylation sites is 1. The summed E-state index contributed by atoms with van der Waals surface area (Å²) in [5.41, 5.74) is 4.97. The highest BCUT2D eigenvalue weighted by Gasteiger charge is 2.20. The van der Waals surface area contributed by atoms with Crippen molar-refractivity contribution in [3.05, 3.63) is 71.0 Å². The molecule has 0 spiro atoms. The number of carbonyl (C=O) groups is 1. The van der Waals surface area contributed by atoms with E-state index in [4.69, 9.17) is 21.8 Å². The molecule has 0 saturated heterocycles. The molecule has 148 valence electrons. The zero-order valence-electron chi connectivity index (χ0n) is 16.2. The molecule has 3 rings (SSSR count). The predicted octanol–water partition coefficient (Wildman–Crippen LogP) is 2.93. The normalized spacial score (nSPS) is 10.5. The molecular formula is C22H21N3O3S. The zero-order valence-corrected chi connectivity index (χ0v) is 17.0. The lowest BCUT2D eigenvalue weighted by Crippen LogP contribution is -2.25. The highest BCUT2D eigenvalue weighted by atomic mass is 32.1. The number of nitrogens with zero attached hydrogens (tertiary/aromatic N) is 1. The molecule has 0 bridgehead atoms. The van der Waals surface area contributed by atoms with Crippen LogP contribution in [-0.4, -0.2) is 41.6 Å². The van der Waals surface area contributed by atoms with Gasteiger partial charge in [0, 0.05) is 28.6 Å². The summed E-state index contributed by atoms with van der Waals surface area (Å²) in [6.45, 7) is 0.790. The van der Waals surface area contributed by atoms with Crippen LogP contribution < -0.4 is 10.8 Å². The van der Waals surface area contributed by atoms with Crippen LogP contribution in [0.2, 0.25) is 0 Å². The lowest BCUT2D eigenvalue weighted by Gasteiger charge is -2.09. The Morgan fingerprint density at radius 3 is 2.59 bits per heavy atom. The van der Waals surface area contributed by atoms with Crippen molar-refractivity contribution in [1.29, 1.82) is 0 Å². The predicted molar refractivity (Wildman–Crippen MR) is 116 cm³/mol. The number of fused-ring (bicyclic) bond motifs is 1. The number of hydrogen-bond donors (Lipinski definition) is 3. The van der Waals surface area contributed by atoms with E-state index in [9.17, 15) is 4.79 Å². The van der Waals surface area contributed by atoms with Gasteiger partial charge < -0.3 is 14.6 Å². The molecule has 0 atom stereocenters. The summed E-state index contributed by atoms with van der Waals surface area (Å²) in [4.78, 5) is 14.9. The minimum atomic E-state index is -0.290. The van der Waals surface area contributed by atoms with Crippen LogP contribution in [0.4, 0.5) is 0 Å². The molecule has 1 amide bonds. The first-order chi connectivity index (χ1) is 14.0. The van der Waals surface area contributed by atoms with Gasteiger partial charge >= 0.3 is 0 Å². The Morgan fingerprint density at radius 2 is 1.90 bits per heavy atom. The quantitative estimate of drug-likeness (QED) is 0.343. The molecule has 0 aliphatic heterocycles. The van der Waals surface area contributed by atoms with Crippen LogP contribution in [0, 0.1) is 11.8 Å². The lowest BCUT2D eigenvalue weighted by atomic mass is 10.1. The van der Waals surface area contributed by atoms with Gasteiger partial charge in [-0.2, -0.15) is 0 Å². The smallest absolute Gasteiger partial charge is 0.288 e. The van der Waals surface area contributed by atoms with Gasteiger partial charge in [-0.1, -0.05) is 54.4 Å². The van der Waals surface area contributed by atoms with Crippen molar-refractivity contribution in [3.8, 4) is 11.8 Å². The first-order valence-electron chi connectivity index (χ1n) is 8.96. The summed E-state index contributed by atoms with van der Waals surface area (Å²) in [6.07, 6.45) is 0. The van der Waals surface area contributed by atoms with Gasteiger partial charge in [0.2, 0.25) is 0 Å². The van der Waals surface area contributed by atoms with E-state index in [1.807, 2.05) is 48.7 Å². The second-order valence-electron chi connectivity index (χ2n) is 6.65. The fourth-order valence-corrected chi connectivity index (χ4v) is 3.01. The van der Waals surface area contributed by atoms with E-state index in [1.165, 1.54) is 0 Å². The molecule has 0 aliphatic carbocycles. The fraction of sp³-hybridized carbons (Fsp3) is 0.182. The van der Waals surface area contributed by atoms with E-state index < -0.39 is 0 Å². The van der Waals surface area contributed by atoms with Crippen LogP contribution in [0.25, 0.3) is 11.0 Å². The first kappa shape index (κ1) is 20.6. The number of hydroxylamine groups is 1. The number of nitrogens with one attached hydrogen (secondary N) is 2. The van der Waals surface area contributed by atoms with Crippen molar-refractivity contribution >= 4 is 34.1 Å².